The van der Waals surface area contributed by atoms with Gasteiger partial charge in [-0.25, -0.2) is 0 Å². The molecule has 0 aliphatic heterocycles. The van der Waals surface area contributed by atoms with Crippen LogP contribution in [0.25, 0.3) is 23.0 Å². The fourth-order valence-electron chi connectivity index (χ4n) is 2.10. The minimum atomic E-state index is 0.503. The molecule has 0 saturated carbocycles. The highest BCUT2D eigenvalue weighted by Crippen LogP contribution is 2.24. The van der Waals surface area contributed by atoms with Crippen LogP contribution in [0.2, 0.25) is 0 Å². The SMILES string of the molecule is CCn1nc(C)cc1-c1nnc(-c2ccc(C)cc2)o1. The van der Waals surface area contributed by atoms with Gasteiger partial charge < -0.3 is 4.42 Å². The molecule has 2 heterocycles. The molecule has 20 heavy (non-hydrogen) atoms. The van der Waals surface area contributed by atoms with Crippen molar-refractivity contribution in [3.63, 3.8) is 0 Å². The molecule has 0 N–H and O–H groups in total. The predicted molar refractivity (Wildman–Crippen MR) is 76.1 cm³/mol. The summed E-state index contributed by atoms with van der Waals surface area (Å²) >= 11 is 0. The van der Waals surface area contributed by atoms with Crippen LogP contribution >= 0.6 is 0 Å². The lowest BCUT2D eigenvalue weighted by Gasteiger charge is -1.99. The van der Waals surface area contributed by atoms with E-state index in [4.69, 9.17) is 4.42 Å². The minimum Gasteiger partial charge on any atom is -0.415 e. The van der Waals surface area contributed by atoms with Crippen molar-refractivity contribution in [2.75, 3.05) is 0 Å². The van der Waals surface area contributed by atoms with Gasteiger partial charge in [0.15, 0.2) is 0 Å². The van der Waals surface area contributed by atoms with Crippen LogP contribution in [0.1, 0.15) is 18.2 Å². The maximum absolute atomic E-state index is 5.77. The van der Waals surface area contributed by atoms with E-state index in [0.29, 0.717) is 11.8 Å². The standard InChI is InChI=1S/C15H16N4O/c1-4-19-13(9-11(3)18-19)15-17-16-14(20-15)12-7-5-10(2)6-8-12/h5-9H,4H2,1-3H3. The second-order valence-corrected chi connectivity index (χ2v) is 4.77. The second-order valence-electron chi connectivity index (χ2n) is 4.77. The van der Waals surface area contributed by atoms with E-state index in [9.17, 15) is 0 Å². The number of aryl methyl sites for hydroxylation is 3. The number of nitrogens with zero attached hydrogens (tertiary/aromatic N) is 4. The number of hydrogen-bond donors (Lipinski definition) is 0. The quantitative estimate of drug-likeness (QED) is 0.731. The predicted octanol–water partition coefficient (Wildman–Crippen LogP) is 3.24. The molecular formula is C15H16N4O. The van der Waals surface area contributed by atoms with Gasteiger partial charge in [0.05, 0.1) is 5.69 Å². The first-order chi connectivity index (χ1) is 9.67. The minimum absolute atomic E-state index is 0.503. The van der Waals surface area contributed by atoms with Crippen molar-refractivity contribution < 1.29 is 4.42 Å². The summed E-state index contributed by atoms with van der Waals surface area (Å²) < 4.78 is 7.63. The summed E-state index contributed by atoms with van der Waals surface area (Å²) in [6, 6.07) is 9.97. The molecule has 0 bridgehead atoms. The van der Waals surface area contributed by atoms with E-state index in [1.54, 1.807) is 0 Å². The molecule has 5 heteroatoms. The van der Waals surface area contributed by atoms with Crippen molar-refractivity contribution >= 4 is 0 Å². The monoisotopic (exact) mass is 268 g/mol. The average Bonchev–Trinajstić information content (AvgIpc) is 3.05. The van der Waals surface area contributed by atoms with E-state index in [1.165, 1.54) is 5.56 Å². The third kappa shape index (κ3) is 2.22. The summed E-state index contributed by atoms with van der Waals surface area (Å²) in [5.41, 5.74) is 3.93. The van der Waals surface area contributed by atoms with Crippen molar-refractivity contribution in [1.82, 2.24) is 20.0 Å². The van der Waals surface area contributed by atoms with E-state index in [1.807, 2.05) is 55.8 Å². The fraction of sp³-hybridized carbons (Fsp3) is 0.267. The van der Waals surface area contributed by atoms with Crippen LogP contribution in [0.15, 0.2) is 34.7 Å². The largest absolute Gasteiger partial charge is 0.415 e. The van der Waals surface area contributed by atoms with Crippen molar-refractivity contribution in [2.45, 2.75) is 27.3 Å². The Balaban J connectivity index is 1.99. The van der Waals surface area contributed by atoms with E-state index >= 15 is 0 Å². The van der Waals surface area contributed by atoms with Gasteiger partial charge in [-0.1, -0.05) is 17.7 Å². The molecule has 102 valence electrons. The first-order valence-corrected chi connectivity index (χ1v) is 6.62. The summed E-state index contributed by atoms with van der Waals surface area (Å²) in [6.45, 7) is 6.80. The number of aromatic nitrogens is 4. The first-order valence-electron chi connectivity index (χ1n) is 6.62. The molecule has 5 nitrogen and oxygen atoms in total. The summed E-state index contributed by atoms with van der Waals surface area (Å²) in [4.78, 5) is 0. The van der Waals surface area contributed by atoms with Crippen LogP contribution in [-0.2, 0) is 6.54 Å². The molecule has 0 saturated heterocycles. The lowest BCUT2D eigenvalue weighted by Crippen LogP contribution is -1.99. The van der Waals surface area contributed by atoms with Gasteiger partial charge in [0.25, 0.3) is 5.89 Å². The molecule has 0 aliphatic rings. The van der Waals surface area contributed by atoms with Gasteiger partial charge in [-0.2, -0.15) is 5.10 Å². The van der Waals surface area contributed by atoms with Crippen LogP contribution in [0.4, 0.5) is 0 Å². The Bertz CT molecular complexity index is 725. The zero-order chi connectivity index (χ0) is 14.1. The molecular weight excluding hydrogens is 252 g/mol. The van der Waals surface area contributed by atoms with Crippen molar-refractivity contribution in [2.24, 2.45) is 0 Å². The van der Waals surface area contributed by atoms with Gasteiger partial charge >= 0.3 is 0 Å². The van der Waals surface area contributed by atoms with Crippen LogP contribution in [-0.4, -0.2) is 20.0 Å². The highest BCUT2D eigenvalue weighted by atomic mass is 16.4. The summed E-state index contributed by atoms with van der Waals surface area (Å²) in [5, 5.41) is 12.6. The van der Waals surface area contributed by atoms with Crippen LogP contribution in [0.3, 0.4) is 0 Å². The maximum atomic E-state index is 5.77. The Morgan fingerprint density at radius 2 is 1.75 bits per heavy atom. The van der Waals surface area contributed by atoms with Crippen molar-refractivity contribution in [3.05, 3.63) is 41.6 Å². The molecule has 0 unspecified atom stereocenters. The average molecular weight is 268 g/mol. The Morgan fingerprint density at radius 1 is 1.05 bits per heavy atom. The lowest BCUT2D eigenvalue weighted by molar-refractivity contribution is 0.566. The molecule has 1 aromatic carbocycles. The Morgan fingerprint density at radius 3 is 2.45 bits per heavy atom. The molecule has 3 aromatic rings. The Labute approximate surface area is 117 Å². The van der Waals surface area contributed by atoms with Gasteiger partial charge in [0.1, 0.15) is 5.69 Å². The molecule has 0 aliphatic carbocycles. The molecule has 0 amide bonds. The smallest absolute Gasteiger partial charge is 0.266 e. The van der Waals surface area contributed by atoms with Gasteiger partial charge in [0.2, 0.25) is 5.89 Å². The van der Waals surface area contributed by atoms with E-state index in [2.05, 4.69) is 15.3 Å². The molecule has 0 atom stereocenters. The van der Waals surface area contributed by atoms with E-state index in [0.717, 1.165) is 23.5 Å². The highest BCUT2D eigenvalue weighted by Gasteiger charge is 2.15. The normalized spacial score (nSPS) is 10.9. The fourth-order valence-corrected chi connectivity index (χ4v) is 2.10. The molecule has 2 aromatic heterocycles. The van der Waals surface area contributed by atoms with Crippen LogP contribution in [0.5, 0.6) is 0 Å². The second kappa shape index (κ2) is 4.92. The summed E-state index contributed by atoms with van der Waals surface area (Å²) in [7, 11) is 0. The van der Waals surface area contributed by atoms with Gasteiger partial charge in [-0.3, -0.25) is 4.68 Å². The topological polar surface area (TPSA) is 56.7 Å². The van der Waals surface area contributed by atoms with E-state index < -0.39 is 0 Å². The van der Waals surface area contributed by atoms with Gasteiger partial charge in [-0.15, -0.1) is 10.2 Å². The van der Waals surface area contributed by atoms with E-state index in [-0.39, 0.29) is 0 Å². The van der Waals surface area contributed by atoms with Crippen molar-refractivity contribution in [3.8, 4) is 23.0 Å². The summed E-state index contributed by atoms with van der Waals surface area (Å²) in [5.74, 6) is 1.03. The molecule has 0 spiro atoms. The molecule has 0 radical (unpaired) electrons. The third-order valence-electron chi connectivity index (χ3n) is 3.14. The zero-order valence-corrected chi connectivity index (χ0v) is 11.8. The summed E-state index contributed by atoms with van der Waals surface area (Å²) in [6.07, 6.45) is 0. The molecule has 3 rings (SSSR count). The number of benzene rings is 1. The maximum Gasteiger partial charge on any atom is 0.266 e. The zero-order valence-electron chi connectivity index (χ0n) is 11.8. The van der Waals surface area contributed by atoms with Crippen molar-refractivity contribution in [1.29, 1.82) is 0 Å². The first kappa shape index (κ1) is 12.6. The number of rotatable bonds is 3. The van der Waals surface area contributed by atoms with Crippen LogP contribution in [0, 0.1) is 13.8 Å². The Hall–Kier alpha value is -2.43. The van der Waals surface area contributed by atoms with Gasteiger partial charge in [-0.05, 0) is 39.0 Å². The third-order valence-corrected chi connectivity index (χ3v) is 3.14. The highest BCUT2D eigenvalue weighted by molar-refractivity contribution is 5.56. The Kier molecular flexibility index (Phi) is 3.10. The van der Waals surface area contributed by atoms with Crippen LogP contribution < -0.4 is 0 Å². The lowest BCUT2D eigenvalue weighted by atomic mass is 10.1. The molecule has 0 fully saturated rings. The number of hydrogen-bond acceptors (Lipinski definition) is 4. The van der Waals surface area contributed by atoms with Gasteiger partial charge in [0, 0.05) is 12.1 Å².